The molecule has 13 heteroatoms. The maximum Gasteiger partial charge on any atom is 0.306 e. The van der Waals surface area contributed by atoms with Gasteiger partial charge in [-0.15, -0.1) is 0 Å². The minimum atomic E-state index is -4.61. The molecule has 6 atom stereocenters. The number of allylic oxidation sites excluding steroid dienone is 8. The molecular weight excluding hydrogens is 813 g/mol. The molecule has 62 heavy (non-hydrogen) atoms. The first-order valence-electron chi connectivity index (χ1n) is 24.2. The van der Waals surface area contributed by atoms with Crippen molar-refractivity contribution in [3.8, 4) is 0 Å². The zero-order chi connectivity index (χ0) is 45.5. The van der Waals surface area contributed by atoms with Crippen LogP contribution >= 0.6 is 0 Å². The number of rotatable bonds is 40. The minimum Gasteiger partial charge on any atom is -0.462 e. The highest BCUT2D eigenvalue weighted by Gasteiger charge is 2.46. The standard InChI is InChI=1S/C49H86O12S/c1-3-5-7-9-11-13-15-17-19-20-21-22-24-25-27-29-31-33-35-37-44(50)58-39-42(40-59-49-48(54)47(53)46(52)43(61-49)41-62(55,56)57)60-45(51)38-36-34-32-30-28-26-23-18-16-14-12-10-8-6-4-2/h6,8,12,14,17-19,23,42-43,46-49,52-54H,3-5,7,9-11,13,15-16,20-22,24-41H2,1-2H3,(H,55,56,57)/b8-6-,14-12-,19-17-,23-18-. The van der Waals surface area contributed by atoms with Gasteiger partial charge in [-0.3, -0.25) is 14.1 Å². The van der Waals surface area contributed by atoms with Crippen LogP contribution < -0.4 is 0 Å². The van der Waals surface area contributed by atoms with Gasteiger partial charge in [-0.25, -0.2) is 0 Å². The van der Waals surface area contributed by atoms with E-state index < -0.39 is 71.2 Å². The van der Waals surface area contributed by atoms with Crippen molar-refractivity contribution in [1.29, 1.82) is 0 Å². The monoisotopic (exact) mass is 899 g/mol. The highest BCUT2D eigenvalue weighted by Crippen LogP contribution is 2.24. The summed E-state index contributed by atoms with van der Waals surface area (Å²) in [5, 5.41) is 30.9. The molecule has 1 fully saturated rings. The SMILES string of the molecule is CC/C=C\C/C=C\C/C=C\CCCCCCCC(=O)OC(COC(=O)CCCCCCCCCCC/C=C\CCCCCCCC)COC1OC(CS(=O)(=O)O)C(O)C(O)C1O. The van der Waals surface area contributed by atoms with E-state index in [1.54, 1.807) is 0 Å². The summed E-state index contributed by atoms with van der Waals surface area (Å²) in [6.45, 7) is 3.64. The van der Waals surface area contributed by atoms with E-state index in [9.17, 15) is 37.9 Å². The largest absolute Gasteiger partial charge is 0.462 e. The van der Waals surface area contributed by atoms with Gasteiger partial charge in [0.25, 0.3) is 10.1 Å². The van der Waals surface area contributed by atoms with Crippen molar-refractivity contribution < 1.29 is 56.8 Å². The molecule has 0 bridgehead atoms. The van der Waals surface area contributed by atoms with E-state index in [1.165, 1.54) is 83.5 Å². The molecule has 0 aromatic rings. The summed E-state index contributed by atoms with van der Waals surface area (Å²) >= 11 is 0. The Kier molecular flexibility index (Phi) is 36.3. The molecule has 1 aliphatic rings. The van der Waals surface area contributed by atoms with Crippen LogP contribution in [-0.2, 0) is 38.7 Å². The first-order valence-corrected chi connectivity index (χ1v) is 25.8. The fourth-order valence-corrected chi connectivity index (χ4v) is 7.85. The second-order valence-corrected chi connectivity index (χ2v) is 18.2. The number of hydrogen-bond donors (Lipinski definition) is 4. The van der Waals surface area contributed by atoms with Crippen molar-refractivity contribution in [1.82, 2.24) is 0 Å². The molecule has 4 N–H and O–H groups in total. The molecule has 0 amide bonds. The summed E-state index contributed by atoms with van der Waals surface area (Å²) in [7, 11) is -4.61. The van der Waals surface area contributed by atoms with Gasteiger partial charge in [0.1, 0.15) is 36.8 Å². The molecule has 12 nitrogen and oxygen atoms in total. The summed E-state index contributed by atoms with van der Waals surface area (Å²) in [6.07, 6.45) is 37.2. The molecular formula is C49H86O12S. The number of unbranched alkanes of at least 4 members (excludes halogenated alkanes) is 20. The molecule has 1 heterocycles. The summed E-state index contributed by atoms with van der Waals surface area (Å²) in [4.78, 5) is 25.5. The topological polar surface area (TPSA) is 186 Å². The lowest BCUT2D eigenvalue weighted by Crippen LogP contribution is -2.60. The Bertz CT molecular complexity index is 1330. The molecule has 0 spiro atoms. The summed E-state index contributed by atoms with van der Waals surface area (Å²) < 4.78 is 54.1. The van der Waals surface area contributed by atoms with E-state index in [1.807, 2.05) is 0 Å². The van der Waals surface area contributed by atoms with E-state index in [0.29, 0.717) is 12.8 Å². The molecule has 0 aromatic carbocycles. The van der Waals surface area contributed by atoms with Crippen LogP contribution in [0.4, 0.5) is 0 Å². The van der Waals surface area contributed by atoms with Gasteiger partial charge in [0, 0.05) is 12.8 Å². The maximum atomic E-state index is 12.8. The molecule has 1 rings (SSSR count). The van der Waals surface area contributed by atoms with Gasteiger partial charge in [0.05, 0.1) is 6.61 Å². The second-order valence-electron chi connectivity index (χ2n) is 16.7. The number of aliphatic hydroxyl groups is 3. The molecule has 1 saturated heterocycles. The van der Waals surface area contributed by atoms with Gasteiger partial charge in [0.15, 0.2) is 12.4 Å². The van der Waals surface area contributed by atoms with Crippen molar-refractivity contribution in [2.24, 2.45) is 0 Å². The number of carbonyl (C=O) groups excluding carboxylic acids is 2. The average Bonchev–Trinajstić information content (AvgIpc) is 3.24. The number of aliphatic hydroxyl groups excluding tert-OH is 3. The third-order valence-electron chi connectivity index (χ3n) is 10.9. The Morgan fingerprint density at radius 3 is 1.53 bits per heavy atom. The molecule has 1 aliphatic heterocycles. The van der Waals surface area contributed by atoms with Crippen LogP contribution in [0.5, 0.6) is 0 Å². The molecule has 0 aliphatic carbocycles. The van der Waals surface area contributed by atoms with Gasteiger partial charge in [0.2, 0.25) is 0 Å². The lowest BCUT2D eigenvalue weighted by atomic mass is 10.00. The quantitative estimate of drug-likeness (QED) is 0.0198. The van der Waals surface area contributed by atoms with Crippen LogP contribution in [0, 0.1) is 0 Å². The van der Waals surface area contributed by atoms with Crippen molar-refractivity contribution in [3.63, 3.8) is 0 Å². The molecule has 0 saturated carbocycles. The smallest absolute Gasteiger partial charge is 0.306 e. The summed E-state index contributed by atoms with van der Waals surface area (Å²) in [6, 6.07) is 0. The number of carbonyl (C=O) groups is 2. The minimum absolute atomic E-state index is 0.144. The van der Waals surface area contributed by atoms with Gasteiger partial charge < -0.3 is 34.3 Å². The van der Waals surface area contributed by atoms with E-state index >= 15 is 0 Å². The van der Waals surface area contributed by atoms with Crippen molar-refractivity contribution in [3.05, 3.63) is 48.6 Å². The van der Waals surface area contributed by atoms with Crippen LogP contribution in [0.25, 0.3) is 0 Å². The van der Waals surface area contributed by atoms with Crippen LogP contribution in [0.2, 0.25) is 0 Å². The first-order chi connectivity index (χ1) is 30.0. The van der Waals surface area contributed by atoms with Crippen molar-refractivity contribution in [2.45, 2.75) is 230 Å². The summed E-state index contributed by atoms with van der Waals surface area (Å²) in [5.74, 6) is -2.01. The molecule has 0 aromatic heterocycles. The highest BCUT2D eigenvalue weighted by atomic mass is 32.2. The molecule has 360 valence electrons. The predicted octanol–water partition coefficient (Wildman–Crippen LogP) is 10.3. The van der Waals surface area contributed by atoms with Crippen molar-refractivity contribution >= 4 is 22.1 Å². The van der Waals surface area contributed by atoms with E-state index in [0.717, 1.165) is 70.6 Å². The van der Waals surface area contributed by atoms with E-state index in [-0.39, 0.29) is 19.4 Å². The molecule has 6 unspecified atom stereocenters. The number of ether oxygens (including phenoxy) is 4. The third-order valence-corrected chi connectivity index (χ3v) is 11.6. The maximum absolute atomic E-state index is 12.8. The van der Waals surface area contributed by atoms with E-state index in [2.05, 4.69) is 62.5 Å². The van der Waals surface area contributed by atoms with E-state index in [4.69, 9.17) is 18.9 Å². The zero-order valence-electron chi connectivity index (χ0n) is 38.5. The highest BCUT2D eigenvalue weighted by molar-refractivity contribution is 7.85. The second kappa shape index (κ2) is 39.0. The number of esters is 2. The Balaban J connectivity index is 2.41. The number of hydrogen-bond acceptors (Lipinski definition) is 11. The van der Waals surface area contributed by atoms with Gasteiger partial charge in [-0.1, -0.05) is 159 Å². The Labute approximate surface area is 375 Å². The fourth-order valence-electron chi connectivity index (χ4n) is 7.16. The van der Waals surface area contributed by atoms with Crippen molar-refractivity contribution in [2.75, 3.05) is 19.0 Å². The normalized spacial score (nSPS) is 20.3. The van der Waals surface area contributed by atoms with Gasteiger partial charge >= 0.3 is 11.9 Å². The lowest BCUT2D eigenvalue weighted by molar-refractivity contribution is -0.297. The van der Waals surface area contributed by atoms with Gasteiger partial charge in [-0.2, -0.15) is 8.42 Å². The first kappa shape index (κ1) is 57.6. The average molecular weight is 899 g/mol. The van der Waals surface area contributed by atoms with Crippen LogP contribution in [-0.4, -0.2) is 96.0 Å². The Morgan fingerprint density at radius 2 is 1.02 bits per heavy atom. The fraction of sp³-hybridized carbons (Fsp3) is 0.796. The van der Waals surface area contributed by atoms with Gasteiger partial charge in [-0.05, 0) is 70.6 Å². The third kappa shape index (κ3) is 33.2. The van der Waals surface area contributed by atoms with Crippen LogP contribution in [0.1, 0.15) is 194 Å². The molecule has 0 radical (unpaired) electrons. The van der Waals surface area contributed by atoms with Crippen LogP contribution in [0.3, 0.4) is 0 Å². The predicted molar refractivity (Wildman–Crippen MR) is 247 cm³/mol. The Hall–Kier alpha value is -2.39. The Morgan fingerprint density at radius 1 is 0.565 bits per heavy atom. The lowest BCUT2D eigenvalue weighted by Gasteiger charge is -2.40. The van der Waals surface area contributed by atoms with Crippen LogP contribution in [0.15, 0.2) is 48.6 Å². The summed E-state index contributed by atoms with van der Waals surface area (Å²) in [5.41, 5.74) is 0. The zero-order valence-corrected chi connectivity index (χ0v) is 39.3.